The van der Waals surface area contributed by atoms with Crippen LogP contribution in [0.4, 0.5) is 17.5 Å². The van der Waals surface area contributed by atoms with Crippen LogP contribution in [0.2, 0.25) is 0 Å². The molecule has 2 aromatic carbocycles. The van der Waals surface area contributed by atoms with Crippen LogP contribution in [0.15, 0.2) is 65.7 Å². The largest absolute Gasteiger partial charge is 0.352 e. The zero-order chi connectivity index (χ0) is 21.3. The van der Waals surface area contributed by atoms with Crippen LogP contribution in [0.3, 0.4) is 0 Å². The third-order valence-electron chi connectivity index (χ3n) is 4.83. The molecule has 0 unspecified atom stereocenters. The number of pyridine rings is 1. The van der Waals surface area contributed by atoms with E-state index < -0.39 is 9.84 Å². The number of rotatable bonds is 6. The van der Waals surface area contributed by atoms with Crippen LogP contribution >= 0.6 is 0 Å². The molecule has 154 valence electrons. The number of aromatic nitrogens is 3. The van der Waals surface area contributed by atoms with Crippen molar-refractivity contribution in [2.75, 3.05) is 16.9 Å². The van der Waals surface area contributed by atoms with Crippen LogP contribution in [0, 0.1) is 6.92 Å². The van der Waals surface area contributed by atoms with Crippen LogP contribution in [-0.2, 0) is 23.4 Å². The fraction of sp³-hybridized carbons (Fsp3) is 0.182. The highest BCUT2D eigenvalue weighted by molar-refractivity contribution is 7.90. The summed E-state index contributed by atoms with van der Waals surface area (Å²) in [6.07, 6.45) is 2.90. The van der Waals surface area contributed by atoms with Gasteiger partial charge < -0.3 is 15.2 Å². The molecule has 0 atom stereocenters. The van der Waals surface area contributed by atoms with Gasteiger partial charge in [0.2, 0.25) is 5.95 Å². The molecular formula is C22H23N5O2S. The molecule has 8 heteroatoms. The van der Waals surface area contributed by atoms with Gasteiger partial charge in [-0.3, -0.25) is 0 Å². The van der Waals surface area contributed by atoms with Crippen LogP contribution in [0.1, 0.15) is 11.1 Å². The smallest absolute Gasteiger partial charge is 0.203 e. The second-order valence-electron chi connectivity index (χ2n) is 7.32. The Balaban J connectivity index is 1.57. The minimum absolute atomic E-state index is 0.261. The Bertz CT molecular complexity index is 1330. The number of imidazole rings is 1. The van der Waals surface area contributed by atoms with E-state index in [0.717, 1.165) is 17.0 Å². The SMILES string of the molecule is Cc1cccc(CNc2nc3cnc(Nc4cccc(S(C)(=O)=O)c4)cc3n2C)c1. The van der Waals surface area contributed by atoms with Crippen LogP contribution < -0.4 is 10.6 Å². The summed E-state index contributed by atoms with van der Waals surface area (Å²) in [5, 5.41) is 6.55. The van der Waals surface area contributed by atoms with Gasteiger partial charge in [0.15, 0.2) is 9.84 Å². The van der Waals surface area contributed by atoms with E-state index in [1.54, 1.807) is 30.5 Å². The van der Waals surface area contributed by atoms with Crippen molar-refractivity contribution < 1.29 is 8.42 Å². The second-order valence-corrected chi connectivity index (χ2v) is 9.34. The van der Waals surface area contributed by atoms with Gasteiger partial charge in [-0.1, -0.05) is 35.9 Å². The Labute approximate surface area is 175 Å². The number of anilines is 3. The van der Waals surface area contributed by atoms with E-state index in [9.17, 15) is 8.42 Å². The van der Waals surface area contributed by atoms with Crippen molar-refractivity contribution in [3.05, 3.63) is 71.9 Å². The summed E-state index contributed by atoms with van der Waals surface area (Å²) in [5.41, 5.74) is 4.76. The maximum Gasteiger partial charge on any atom is 0.203 e. The molecule has 0 aliphatic heterocycles. The summed E-state index contributed by atoms with van der Waals surface area (Å²) in [4.78, 5) is 9.30. The number of hydrogen-bond acceptors (Lipinski definition) is 6. The van der Waals surface area contributed by atoms with Crippen LogP contribution in [-0.4, -0.2) is 29.2 Å². The third-order valence-corrected chi connectivity index (χ3v) is 5.95. The van der Waals surface area contributed by atoms with Gasteiger partial charge >= 0.3 is 0 Å². The predicted molar refractivity (Wildman–Crippen MR) is 120 cm³/mol. The van der Waals surface area contributed by atoms with E-state index in [1.165, 1.54) is 17.4 Å². The lowest BCUT2D eigenvalue weighted by molar-refractivity contribution is 0.602. The molecule has 0 saturated heterocycles. The molecule has 4 aromatic rings. The van der Waals surface area contributed by atoms with Crippen LogP contribution in [0.25, 0.3) is 11.0 Å². The van der Waals surface area contributed by atoms with Gasteiger partial charge in [-0.05, 0) is 30.7 Å². The molecule has 0 bridgehead atoms. The quantitative estimate of drug-likeness (QED) is 0.489. The Morgan fingerprint density at radius 2 is 1.87 bits per heavy atom. The van der Waals surface area contributed by atoms with Gasteiger partial charge in [-0.2, -0.15) is 0 Å². The maximum atomic E-state index is 11.8. The topological polar surface area (TPSA) is 88.9 Å². The maximum absolute atomic E-state index is 11.8. The molecule has 0 aliphatic rings. The molecule has 0 fully saturated rings. The molecule has 4 rings (SSSR count). The lowest BCUT2D eigenvalue weighted by atomic mass is 10.1. The molecule has 0 aliphatic carbocycles. The molecule has 0 saturated carbocycles. The summed E-state index contributed by atoms with van der Waals surface area (Å²) in [6.45, 7) is 2.75. The van der Waals surface area contributed by atoms with E-state index in [1.807, 2.05) is 23.7 Å². The molecule has 2 N–H and O–H groups in total. The van der Waals surface area contributed by atoms with Crippen molar-refractivity contribution >= 4 is 38.3 Å². The Morgan fingerprint density at radius 3 is 2.63 bits per heavy atom. The van der Waals surface area contributed by atoms with Gasteiger partial charge in [-0.25, -0.2) is 18.4 Å². The number of benzene rings is 2. The molecule has 2 heterocycles. The minimum atomic E-state index is -3.27. The number of sulfone groups is 1. The van der Waals surface area contributed by atoms with Crippen molar-refractivity contribution in [1.82, 2.24) is 14.5 Å². The zero-order valence-electron chi connectivity index (χ0n) is 17.0. The highest BCUT2D eigenvalue weighted by atomic mass is 32.2. The number of nitrogens with zero attached hydrogens (tertiary/aromatic N) is 3. The second kappa shape index (κ2) is 7.79. The Morgan fingerprint density at radius 1 is 1.07 bits per heavy atom. The highest BCUT2D eigenvalue weighted by Crippen LogP contribution is 2.24. The van der Waals surface area contributed by atoms with E-state index in [4.69, 9.17) is 0 Å². The number of aryl methyl sites for hydroxylation is 2. The first-order valence-electron chi connectivity index (χ1n) is 9.49. The normalized spacial score (nSPS) is 11.6. The predicted octanol–water partition coefficient (Wildman–Crippen LogP) is 4.04. The van der Waals surface area contributed by atoms with Gasteiger partial charge in [0.25, 0.3) is 0 Å². The monoisotopic (exact) mass is 421 g/mol. The van der Waals surface area contributed by atoms with Gasteiger partial charge in [0.1, 0.15) is 11.3 Å². The summed E-state index contributed by atoms with van der Waals surface area (Å²) in [7, 11) is -1.32. The van der Waals surface area contributed by atoms with Gasteiger partial charge in [-0.15, -0.1) is 0 Å². The fourth-order valence-corrected chi connectivity index (χ4v) is 3.94. The van der Waals surface area contributed by atoms with E-state index >= 15 is 0 Å². The molecular weight excluding hydrogens is 398 g/mol. The molecule has 0 amide bonds. The molecule has 0 spiro atoms. The number of fused-ring (bicyclic) bond motifs is 1. The number of nitrogens with one attached hydrogen (secondary N) is 2. The lowest BCUT2D eigenvalue weighted by Gasteiger charge is -2.08. The van der Waals surface area contributed by atoms with Gasteiger partial charge in [0.05, 0.1) is 16.6 Å². The lowest BCUT2D eigenvalue weighted by Crippen LogP contribution is -2.05. The average molecular weight is 422 g/mol. The standard InChI is InChI=1S/C22H23N5O2S/c1-15-6-4-7-16(10-15)13-24-22-26-19-14-23-21(12-20(19)27(22)2)25-17-8-5-9-18(11-17)30(3,28)29/h4-12,14H,13H2,1-3H3,(H,23,25)(H,24,26). The molecule has 7 nitrogen and oxygen atoms in total. The zero-order valence-corrected chi connectivity index (χ0v) is 17.9. The summed E-state index contributed by atoms with van der Waals surface area (Å²) in [5.74, 6) is 1.37. The van der Waals surface area contributed by atoms with E-state index in [2.05, 4.69) is 45.7 Å². The average Bonchev–Trinajstić information content (AvgIpc) is 3.01. The summed E-state index contributed by atoms with van der Waals surface area (Å²) >= 11 is 0. The first kappa shape index (κ1) is 19.9. The van der Waals surface area contributed by atoms with E-state index in [0.29, 0.717) is 18.1 Å². The minimum Gasteiger partial charge on any atom is -0.352 e. The Kier molecular flexibility index (Phi) is 5.17. The molecule has 30 heavy (non-hydrogen) atoms. The van der Waals surface area contributed by atoms with Crippen molar-refractivity contribution in [3.63, 3.8) is 0 Å². The van der Waals surface area contributed by atoms with Crippen molar-refractivity contribution in [2.24, 2.45) is 7.05 Å². The molecule has 2 aromatic heterocycles. The summed E-state index contributed by atoms with van der Waals surface area (Å²) < 4.78 is 25.5. The summed E-state index contributed by atoms with van der Waals surface area (Å²) in [6, 6.07) is 16.9. The number of hydrogen-bond donors (Lipinski definition) is 2. The van der Waals surface area contributed by atoms with Crippen molar-refractivity contribution in [3.8, 4) is 0 Å². The first-order chi connectivity index (χ1) is 14.3. The highest BCUT2D eigenvalue weighted by Gasteiger charge is 2.11. The van der Waals surface area contributed by atoms with Crippen molar-refractivity contribution in [1.29, 1.82) is 0 Å². The first-order valence-corrected chi connectivity index (χ1v) is 11.4. The van der Waals surface area contributed by atoms with Crippen molar-refractivity contribution in [2.45, 2.75) is 18.4 Å². The molecule has 0 radical (unpaired) electrons. The Hall–Kier alpha value is -3.39. The van der Waals surface area contributed by atoms with E-state index in [-0.39, 0.29) is 4.90 Å². The van der Waals surface area contributed by atoms with Crippen LogP contribution in [0.5, 0.6) is 0 Å². The van der Waals surface area contributed by atoms with Gasteiger partial charge in [0, 0.05) is 31.6 Å². The fourth-order valence-electron chi connectivity index (χ4n) is 3.28. The third kappa shape index (κ3) is 4.28.